The van der Waals surface area contributed by atoms with E-state index in [-0.39, 0.29) is 0 Å². The number of rotatable bonds is 13. The van der Waals surface area contributed by atoms with E-state index in [1.54, 1.807) is 0 Å². The van der Waals surface area contributed by atoms with Crippen LogP contribution < -0.4 is 21.3 Å². The fourth-order valence-corrected chi connectivity index (χ4v) is 19.9. The van der Waals surface area contributed by atoms with Crippen LogP contribution in [-0.2, 0) is 0 Å². The molecule has 0 unspecified atom stereocenters. The maximum Gasteiger partial charge on any atom is 0.158 e. The van der Waals surface area contributed by atoms with Crippen LogP contribution in [0.4, 0.5) is 45.5 Å². The summed E-state index contributed by atoms with van der Waals surface area (Å²) < 4.78 is 25.8. The van der Waals surface area contributed by atoms with E-state index < -0.39 is 0 Å². The van der Waals surface area contributed by atoms with Crippen molar-refractivity contribution in [2.24, 2.45) is 0 Å². The van der Waals surface area contributed by atoms with Crippen LogP contribution in [0.25, 0.3) is 219 Å². The molecule has 0 aliphatic heterocycles. The minimum Gasteiger partial charge on any atom is -0.453 e. The van der Waals surface area contributed by atoms with Crippen LogP contribution in [0.1, 0.15) is 0 Å². The Bertz CT molecular complexity index is 9500. The van der Waals surface area contributed by atoms with Gasteiger partial charge >= 0.3 is 0 Å². The first-order chi connectivity index (χ1) is 68.4. The third-order valence-corrected chi connectivity index (χ3v) is 26.8. The van der Waals surface area contributed by atoms with Crippen LogP contribution in [0.15, 0.2) is 515 Å². The van der Waals surface area contributed by atoms with Crippen molar-refractivity contribution in [3.05, 3.63) is 497 Å². The Hall–Kier alpha value is -18.5. The van der Waals surface area contributed by atoms with E-state index in [9.17, 15) is 0 Å². The summed E-state index contributed by atoms with van der Waals surface area (Å²) >= 11 is 0. The SMILES string of the molecule is c1ccc(-c2ccc(-c3ccc(Nc4cccc5c4oc4c6ccccc6ccc54)cc3)cc2)cc1.c1ccc(-c2ccc(Nc3cccc4c3oc3c5ccccc5ccc43)cc2)cc1.c1ccc2c(c1)cc(-c1ccc(Nc3cccc4c3oc3c5ccccc5ccc43)cc1)c1ccccc12.c1ccc2cc(-c3ccc(Nc4cccc5c4oc4c6ccccc6ccc54)cc3)ccc2c1. The first kappa shape index (κ1) is 81.5. The van der Waals surface area contributed by atoms with E-state index >= 15 is 0 Å². The van der Waals surface area contributed by atoms with Crippen LogP contribution in [0.3, 0.4) is 0 Å². The zero-order valence-corrected chi connectivity index (χ0v) is 75.0. The van der Waals surface area contributed by atoms with Crippen molar-refractivity contribution in [3.8, 4) is 55.6 Å². The van der Waals surface area contributed by atoms with Crippen LogP contribution in [0, 0.1) is 0 Å². The predicted octanol–water partition coefficient (Wildman–Crippen LogP) is 37.7. The molecule has 0 aliphatic carbocycles. The van der Waals surface area contributed by atoms with Gasteiger partial charge in [0.1, 0.15) is 22.3 Å². The van der Waals surface area contributed by atoms with Gasteiger partial charge in [-0.05, 0) is 219 Å². The molecule has 4 N–H and O–H groups in total. The third-order valence-electron chi connectivity index (χ3n) is 26.8. The summed E-state index contributed by atoms with van der Waals surface area (Å²) in [6, 6.07) is 175. The van der Waals surface area contributed by atoms with Gasteiger partial charge in [-0.25, -0.2) is 0 Å². The lowest BCUT2D eigenvalue weighted by molar-refractivity contribution is 0.673. The van der Waals surface area contributed by atoms with Crippen molar-refractivity contribution in [2.75, 3.05) is 21.3 Å². The molecule has 0 atom stereocenters. The van der Waals surface area contributed by atoms with E-state index in [4.69, 9.17) is 17.7 Å². The normalized spacial score (nSPS) is 11.5. The van der Waals surface area contributed by atoms with E-state index in [1.165, 1.54) is 109 Å². The summed E-state index contributed by atoms with van der Waals surface area (Å²) in [6.07, 6.45) is 0. The Morgan fingerprint density at radius 2 is 0.348 bits per heavy atom. The molecule has 650 valence electrons. The Morgan fingerprint density at radius 3 is 0.696 bits per heavy atom. The monoisotopic (exact) mass is 1770 g/mol. The summed E-state index contributed by atoms with van der Waals surface area (Å²) in [4.78, 5) is 0. The Labute approximate surface area is 795 Å². The molecule has 8 nitrogen and oxygen atoms in total. The number of benzene rings is 24. The number of para-hydroxylation sites is 4. The second-order valence-electron chi connectivity index (χ2n) is 35.2. The molecule has 0 aliphatic rings. The van der Waals surface area contributed by atoms with Gasteiger partial charge in [-0.3, -0.25) is 0 Å². The van der Waals surface area contributed by atoms with Crippen molar-refractivity contribution in [1.29, 1.82) is 0 Å². The zero-order chi connectivity index (χ0) is 91.4. The van der Waals surface area contributed by atoms with Gasteiger partial charge in [0.2, 0.25) is 0 Å². The van der Waals surface area contributed by atoms with E-state index in [2.05, 4.69) is 507 Å². The quantitative estimate of drug-likeness (QED) is 0.0848. The molecule has 0 fully saturated rings. The number of nitrogens with one attached hydrogen (secondary N) is 4. The Balaban J connectivity index is 0.0000000979. The smallest absolute Gasteiger partial charge is 0.158 e. The summed E-state index contributed by atoms with van der Waals surface area (Å²) in [5, 5.41) is 40.3. The summed E-state index contributed by atoms with van der Waals surface area (Å²) in [7, 11) is 0. The highest BCUT2D eigenvalue weighted by Gasteiger charge is 2.21. The van der Waals surface area contributed by atoms with Gasteiger partial charge in [0.25, 0.3) is 0 Å². The van der Waals surface area contributed by atoms with E-state index in [0.29, 0.717) is 0 Å². The molecule has 8 heteroatoms. The molecule has 138 heavy (non-hydrogen) atoms. The molecular weight excluding hydrogens is 1680 g/mol. The van der Waals surface area contributed by atoms with Gasteiger partial charge in [-0.15, -0.1) is 0 Å². The topological polar surface area (TPSA) is 101 Å². The Kier molecular flexibility index (Phi) is 20.8. The highest BCUT2D eigenvalue weighted by molar-refractivity contribution is 6.22. The molecule has 28 rings (SSSR count). The molecule has 0 radical (unpaired) electrons. The number of anilines is 8. The number of hydrogen-bond acceptors (Lipinski definition) is 8. The lowest BCUT2D eigenvalue weighted by Crippen LogP contribution is -1.91. The lowest BCUT2D eigenvalue weighted by atomic mass is 9.93. The molecule has 0 spiro atoms. The van der Waals surface area contributed by atoms with Crippen LogP contribution >= 0.6 is 0 Å². The van der Waals surface area contributed by atoms with Crippen molar-refractivity contribution in [3.63, 3.8) is 0 Å². The summed E-state index contributed by atoms with van der Waals surface area (Å²) in [5.74, 6) is 0. The van der Waals surface area contributed by atoms with Gasteiger partial charge in [0.05, 0.1) is 22.7 Å². The second kappa shape index (κ2) is 35.2. The second-order valence-corrected chi connectivity index (χ2v) is 35.2. The molecule has 0 bridgehead atoms. The highest BCUT2D eigenvalue weighted by atomic mass is 16.3. The van der Waals surface area contributed by atoms with Crippen LogP contribution in [0.5, 0.6) is 0 Å². The molecule has 4 heterocycles. The molecule has 0 saturated carbocycles. The minimum absolute atomic E-state index is 0.878. The fourth-order valence-electron chi connectivity index (χ4n) is 19.9. The van der Waals surface area contributed by atoms with Crippen molar-refractivity contribution >= 4 is 209 Å². The van der Waals surface area contributed by atoms with Crippen molar-refractivity contribution < 1.29 is 17.7 Å². The third kappa shape index (κ3) is 15.4. The van der Waals surface area contributed by atoms with Gasteiger partial charge in [-0.2, -0.15) is 0 Å². The molecule has 24 aromatic carbocycles. The minimum atomic E-state index is 0.878. The largest absolute Gasteiger partial charge is 0.453 e. The standard InChI is InChI=1S/C36H23NO.C34H23NO.C32H21NO.C28H19NO/c1-4-11-28-23(8-1)18-21-32-31-14-7-15-34(36(31)38-35(28)32)37-26-19-16-24(17-20-26)33-22-25-9-2-3-10-27(25)29-12-5-6-13-30(29)33;1-2-7-23(8-3-1)24-13-15-25(16-14-24)26-17-20-28(21-18-26)35-32-12-6-11-30-31-22-19-27-9-4-5-10-29(27)33(31)36-34(30)32;1-2-8-24-20-25(13-12-21(24)6-1)22-14-17-26(18-15-22)33-30-11-5-10-28-29-19-16-23-7-3-4-9-27(23)31(29)34-32(28)30;1-2-7-19(8-3-1)20-13-16-22(17-14-20)29-26-12-6-11-24-25-18-15-21-9-4-5-10-23(21)27(25)30-28(24)26/h1-22,37H;1-22,35H;1-20,33H;1-18,29H. The molecular formula is C130H86N4O4. The van der Waals surface area contributed by atoms with Crippen molar-refractivity contribution in [2.45, 2.75) is 0 Å². The number of furan rings is 4. The molecule has 4 aromatic heterocycles. The maximum atomic E-state index is 6.49. The predicted molar refractivity (Wildman–Crippen MR) is 584 cm³/mol. The molecule has 28 aromatic rings. The number of fused-ring (bicyclic) bond motifs is 24. The fraction of sp³-hybridized carbons (Fsp3) is 0. The highest BCUT2D eigenvalue weighted by Crippen LogP contribution is 2.46. The molecule has 0 amide bonds. The first-order valence-electron chi connectivity index (χ1n) is 46.8. The maximum absolute atomic E-state index is 6.49. The number of hydrogen-bond donors (Lipinski definition) is 4. The molecule has 0 saturated heterocycles. The van der Waals surface area contributed by atoms with Crippen LogP contribution in [0.2, 0.25) is 0 Å². The zero-order valence-electron chi connectivity index (χ0n) is 75.0. The summed E-state index contributed by atoms with van der Waals surface area (Å²) in [5.41, 5.74) is 27.4. The average molecular weight is 1770 g/mol. The van der Waals surface area contributed by atoms with Gasteiger partial charge in [-0.1, -0.05) is 388 Å². The van der Waals surface area contributed by atoms with Gasteiger partial charge < -0.3 is 38.9 Å². The summed E-state index contributed by atoms with van der Waals surface area (Å²) in [6.45, 7) is 0. The van der Waals surface area contributed by atoms with Gasteiger partial charge in [0.15, 0.2) is 22.3 Å². The van der Waals surface area contributed by atoms with Gasteiger partial charge in [0, 0.05) is 87.4 Å². The first-order valence-corrected chi connectivity index (χ1v) is 46.8. The lowest BCUT2D eigenvalue weighted by Gasteiger charge is -2.12. The van der Waals surface area contributed by atoms with Crippen LogP contribution in [-0.4, -0.2) is 0 Å². The Morgan fingerprint density at radius 1 is 0.116 bits per heavy atom. The van der Waals surface area contributed by atoms with Crippen molar-refractivity contribution in [1.82, 2.24) is 0 Å². The van der Waals surface area contributed by atoms with E-state index in [1.807, 2.05) is 12.1 Å². The average Bonchev–Trinajstić information content (AvgIpc) is 1.62. The van der Waals surface area contributed by atoms with E-state index in [0.717, 1.165) is 155 Å².